The lowest BCUT2D eigenvalue weighted by molar-refractivity contribution is 0.0606. The molecule has 2 N–H and O–H groups in total. The molecule has 1 atom stereocenters. The fraction of sp³-hybridized carbons (Fsp3) is 0.333. The molecule has 9 heteroatoms. The van der Waals surface area contributed by atoms with Gasteiger partial charge in [0.05, 0.1) is 16.5 Å². The molecule has 0 radical (unpaired) electrons. The molecular weight excluding hydrogens is 353 g/mol. The number of hydrogen-bond acceptors (Lipinski definition) is 5. The zero-order chi connectivity index (χ0) is 17.3. The first-order valence-electron chi connectivity index (χ1n) is 7.40. The van der Waals surface area contributed by atoms with Crippen molar-refractivity contribution in [1.82, 2.24) is 9.88 Å². The molecule has 1 saturated heterocycles. The van der Waals surface area contributed by atoms with Crippen LogP contribution in [-0.4, -0.2) is 30.8 Å². The Kier molecular flexibility index (Phi) is 4.66. The molecule has 1 amide bonds. The number of benzene rings is 1. The quantitative estimate of drug-likeness (QED) is 0.898. The zero-order valence-corrected chi connectivity index (χ0v) is 14.3. The van der Waals surface area contributed by atoms with E-state index in [1.807, 2.05) is 5.38 Å². The Balaban J connectivity index is 1.98. The van der Waals surface area contributed by atoms with Crippen LogP contribution in [0.5, 0.6) is 0 Å². The van der Waals surface area contributed by atoms with Crippen molar-refractivity contribution in [2.75, 3.05) is 6.54 Å². The fourth-order valence-corrected chi connectivity index (χ4v) is 4.16. The molecule has 1 aromatic heterocycles. The number of amides is 1. The van der Waals surface area contributed by atoms with Crippen LogP contribution in [-0.2, 0) is 10.0 Å². The monoisotopic (exact) mass is 369 g/mol. The number of sulfonamides is 1. The summed E-state index contributed by atoms with van der Waals surface area (Å²) < 4.78 is 37.1. The van der Waals surface area contributed by atoms with Crippen LogP contribution in [0.25, 0.3) is 0 Å². The van der Waals surface area contributed by atoms with Crippen molar-refractivity contribution >= 4 is 27.3 Å². The van der Waals surface area contributed by atoms with Crippen LogP contribution >= 0.6 is 11.3 Å². The molecule has 0 bridgehead atoms. The number of rotatable bonds is 3. The van der Waals surface area contributed by atoms with Crippen molar-refractivity contribution in [3.63, 3.8) is 0 Å². The van der Waals surface area contributed by atoms with Gasteiger partial charge in [-0.2, -0.15) is 0 Å². The van der Waals surface area contributed by atoms with Crippen molar-refractivity contribution in [2.24, 2.45) is 5.14 Å². The first-order valence-corrected chi connectivity index (χ1v) is 9.83. The van der Waals surface area contributed by atoms with Crippen LogP contribution in [0.1, 0.15) is 40.7 Å². The van der Waals surface area contributed by atoms with E-state index in [9.17, 15) is 17.6 Å². The van der Waals surface area contributed by atoms with E-state index < -0.39 is 21.7 Å². The van der Waals surface area contributed by atoms with Gasteiger partial charge >= 0.3 is 0 Å². The topological polar surface area (TPSA) is 93.4 Å². The SMILES string of the molecule is NS(=O)(=O)c1ccc(F)c(C(=O)N2CCCC[C@H]2c2nccs2)c1. The molecule has 0 saturated carbocycles. The Morgan fingerprint density at radius 2 is 2.17 bits per heavy atom. The zero-order valence-electron chi connectivity index (χ0n) is 12.7. The number of nitrogens with zero attached hydrogens (tertiary/aromatic N) is 2. The number of carbonyl (C=O) groups is 1. The molecule has 1 aliphatic heterocycles. The molecule has 1 aliphatic rings. The summed E-state index contributed by atoms with van der Waals surface area (Å²) in [5, 5.41) is 7.70. The Labute approximate surface area is 143 Å². The number of piperidine rings is 1. The third-order valence-electron chi connectivity index (χ3n) is 4.00. The highest BCUT2D eigenvalue weighted by Crippen LogP contribution is 2.33. The second-order valence-corrected chi connectivity index (χ2v) is 8.05. The number of hydrogen-bond donors (Lipinski definition) is 1. The van der Waals surface area contributed by atoms with Gasteiger partial charge in [0.1, 0.15) is 10.8 Å². The summed E-state index contributed by atoms with van der Waals surface area (Å²) in [5.41, 5.74) is -0.287. The number of primary sulfonamides is 1. The van der Waals surface area contributed by atoms with Crippen molar-refractivity contribution in [2.45, 2.75) is 30.2 Å². The van der Waals surface area contributed by atoms with Crippen LogP contribution in [0, 0.1) is 5.82 Å². The summed E-state index contributed by atoms with van der Waals surface area (Å²) in [6.07, 6.45) is 4.17. The number of carbonyl (C=O) groups excluding carboxylic acids is 1. The highest BCUT2D eigenvalue weighted by molar-refractivity contribution is 7.89. The van der Waals surface area contributed by atoms with Crippen molar-refractivity contribution < 1.29 is 17.6 Å². The van der Waals surface area contributed by atoms with E-state index in [0.717, 1.165) is 42.5 Å². The number of nitrogens with two attached hydrogens (primary N) is 1. The normalized spacial score (nSPS) is 18.6. The molecule has 2 aromatic rings. The van der Waals surface area contributed by atoms with Gasteiger partial charge < -0.3 is 4.90 Å². The van der Waals surface area contributed by atoms with Gasteiger partial charge in [0.2, 0.25) is 10.0 Å². The van der Waals surface area contributed by atoms with Crippen LogP contribution in [0.15, 0.2) is 34.7 Å². The van der Waals surface area contributed by atoms with E-state index in [0.29, 0.717) is 6.54 Å². The number of likely N-dealkylation sites (tertiary alicyclic amines) is 1. The summed E-state index contributed by atoms with van der Waals surface area (Å²) in [4.78, 5) is 18.4. The van der Waals surface area contributed by atoms with Gasteiger partial charge in [-0.3, -0.25) is 4.79 Å². The molecule has 3 rings (SSSR count). The van der Waals surface area contributed by atoms with E-state index in [1.165, 1.54) is 11.3 Å². The first kappa shape index (κ1) is 17.0. The van der Waals surface area contributed by atoms with Crippen molar-refractivity contribution in [3.8, 4) is 0 Å². The van der Waals surface area contributed by atoms with E-state index in [2.05, 4.69) is 4.98 Å². The van der Waals surface area contributed by atoms with E-state index in [1.54, 1.807) is 11.1 Å². The van der Waals surface area contributed by atoms with Crippen LogP contribution in [0.2, 0.25) is 0 Å². The highest BCUT2D eigenvalue weighted by Gasteiger charge is 2.32. The predicted molar refractivity (Wildman–Crippen MR) is 87.5 cm³/mol. The second kappa shape index (κ2) is 6.58. The van der Waals surface area contributed by atoms with Gasteiger partial charge in [0, 0.05) is 18.1 Å². The summed E-state index contributed by atoms with van der Waals surface area (Å²) in [5.74, 6) is -1.31. The third-order valence-corrected chi connectivity index (χ3v) is 5.78. The average Bonchev–Trinajstić information content (AvgIpc) is 3.08. The van der Waals surface area contributed by atoms with Crippen molar-refractivity contribution in [1.29, 1.82) is 0 Å². The third kappa shape index (κ3) is 3.33. The molecule has 6 nitrogen and oxygen atoms in total. The molecule has 0 unspecified atom stereocenters. The maximum Gasteiger partial charge on any atom is 0.257 e. The molecule has 0 spiro atoms. The first-order chi connectivity index (χ1) is 11.4. The van der Waals surface area contributed by atoms with Gasteiger partial charge in [0.15, 0.2) is 0 Å². The Morgan fingerprint density at radius 3 is 2.83 bits per heavy atom. The van der Waals surface area contributed by atoms with Gasteiger partial charge in [0.25, 0.3) is 5.91 Å². The summed E-state index contributed by atoms with van der Waals surface area (Å²) in [7, 11) is -4.01. The maximum atomic E-state index is 14.1. The molecule has 1 fully saturated rings. The highest BCUT2D eigenvalue weighted by atomic mass is 32.2. The molecular formula is C15H16FN3O3S2. The van der Waals surface area contributed by atoms with Crippen molar-refractivity contribution in [3.05, 3.63) is 46.2 Å². The van der Waals surface area contributed by atoms with Crippen LogP contribution < -0.4 is 5.14 Å². The van der Waals surface area contributed by atoms with Gasteiger partial charge in [-0.05, 0) is 37.5 Å². The molecule has 24 heavy (non-hydrogen) atoms. The number of thiazole rings is 1. The summed E-state index contributed by atoms with van der Waals surface area (Å²) >= 11 is 1.44. The lowest BCUT2D eigenvalue weighted by atomic mass is 10.0. The molecule has 2 heterocycles. The smallest absolute Gasteiger partial charge is 0.257 e. The number of halogens is 1. The number of aromatic nitrogens is 1. The maximum absolute atomic E-state index is 14.1. The lowest BCUT2D eigenvalue weighted by Gasteiger charge is -2.34. The molecule has 0 aliphatic carbocycles. The Bertz CT molecular complexity index is 853. The molecule has 128 valence electrons. The van der Waals surface area contributed by atoms with Crippen LogP contribution in [0.4, 0.5) is 4.39 Å². The minimum atomic E-state index is -4.01. The van der Waals surface area contributed by atoms with Gasteiger partial charge in [-0.15, -0.1) is 11.3 Å². The van der Waals surface area contributed by atoms with Gasteiger partial charge in [-0.1, -0.05) is 0 Å². The van der Waals surface area contributed by atoms with Gasteiger partial charge in [-0.25, -0.2) is 22.9 Å². The van der Waals surface area contributed by atoms with E-state index in [-0.39, 0.29) is 16.5 Å². The largest absolute Gasteiger partial charge is 0.329 e. The summed E-state index contributed by atoms with van der Waals surface area (Å²) in [6, 6.07) is 2.79. The minimum absolute atomic E-state index is 0.219. The predicted octanol–water partition coefficient (Wildman–Crippen LogP) is 2.30. The Hall–Kier alpha value is -1.84. The Morgan fingerprint density at radius 1 is 1.38 bits per heavy atom. The summed E-state index contributed by atoms with van der Waals surface area (Å²) in [6.45, 7) is 0.474. The lowest BCUT2D eigenvalue weighted by Crippen LogP contribution is -2.39. The standard InChI is InChI=1S/C15H16FN3O3S2/c16-12-5-4-10(24(17,21)22)9-11(12)15(20)19-7-2-1-3-13(19)14-18-6-8-23-14/h4-6,8-9,13H,1-3,7H2,(H2,17,21,22)/t13-/m0/s1. The molecule has 1 aromatic carbocycles. The fourth-order valence-electron chi connectivity index (χ4n) is 2.83. The minimum Gasteiger partial charge on any atom is -0.329 e. The second-order valence-electron chi connectivity index (χ2n) is 5.57. The van der Waals surface area contributed by atoms with E-state index >= 15 is 0 Å². The van der Waals surface area contributed by atoms with E-state index in [4.69, 9.17) is 5.14 Å². The average molecular weight is 369 g/mol. The van der Waals surface area contributed by atoms with Crippen LogP contribution in [0.3, 0.4) is 0 Å².